The number of pyridine rings is 1. The highest BCUT2D eigenvalue weighted by molar-refractivity contribution is 5.97. The molecular weight excluding hydrogens is 370 g/mol. The molecule has 1 N–H and O–H groups in total. The van der Waals surface area contributed by atoms with E-state index in [4.69, 9.17) is 4.74 Å². The molecule has 0 atom stereocenters. The Balaban J connectivity index is 1.73. The zero-order chi connectivity index (χ0) is 21.3. The molecule has 1 heterocycles. The normalized spacial score (nSPS) is 13.6. The van der Waals surface area contributed by atoms with Crippen LogP contribution in [0.3, 0.4) is 0 Å². The molecule has 0 radical (unpaired) electrons. The number of aliphatic imine (C=N–C) groups is 1. The van der Waals surface area contributed by atoms with Crippen LogP contribution in [0.5, 0.6) is 11.5 Å². The fourth-order valence-corrected chi connectivity index (χ4v) is 3.22. The van der Waals surface area contributed by atoms with Gasteiger partial charge in [0, 0.05) is 36.1 Å². The lowest BCUT2D eigenvalue weighted by Crippen LogP contribution is -2.20. The van der Waals surface area contributed by atoms with Gasteiger partial charge in [-0.3, -0.25) is 9.98 Å². The second-order valence-electron chi connectivity index (χ2n) is 7.06. The van der Waals surface area contributed by atoms with Crippen molar-refractivity contribution in [2.75, 3.05) is 13.6 Å². The Hall–Kier alpha value is -3.40. The summed E-state index contributed by atoms with van der Waals surface area (Å²) in [6.07, 6.45) is 14.3. The molecule has 2 aromatic rings. The summed E-state index contributed by atoms with van der Waals surface area (Å²) in [7, 11) is 1.81. The zero-order valence-electron chi connectivity index (χ0n) is 18.0. The summed E-state index contributed by atoms with van der Waals surface area (Å²) in [4.78, 5) is 8.78. The maximum atomic E-state index is 6.20. The summed E-state index contributed by atoms with van der Waals surface area (Å²) in [6, 6.07) is 9.87. The maximum absolute atomic E-state index is 6.20. The molecule has 0 amide bonds. The summed E-state index contributed by atoms with van der Waals surface area (Å²) in [5, 5.41) is 3.38. The van der Waals surface area contributed by atoms with E-state index in [1.165, 1.54) is 0 Å². The van der Waals surface area contributed by atoms with Gasteiger partial charge in [0.15, 0.2) is 0 Å². The van der Waals surface area contributed by atoms with E-state index < -0.39 is 0 Å². The standard InChI is InChI=1S/C26H29N3O/c1-5-6-12-22(27-4)18-29-20(3)24-13-9-14-26(19(24)2)30-23-15-16-28-25(17-23)21-10-7-8-11-21/h6-7,9-17,29H,3,5,8,18H2,1-2,4H3/b12-6-,27-22?. The average molecular weight is 400 g/mol. The van der Waals surface area contributed by atoms with Crippen molar-refractivity contribution in [1.82, 2.24) is 10.3 Å². The number of allylic oxidation sites excluding steroid dienone is 5. The Morgan fingerprint density at radius 3 is 2.93 bits per heavy atom. The molecule has 0 spiro atoms. The lowest BCUT2D eigenvalue weighted by Gasteiger charge is -2.16. The molecule has 0 aliphatic heterocycles. The Morgan fingerprint density at radius 2 is 2.20 bits per heavy atom. The lowest BCUT2D eigenvalue weighted by molar-refractivity contribution is 0.477. The Bertz CT molecular complexity index is 1030. The molecule has 0 saturated heterocycles. The first-order chi connectivity index (χ1) is 14.6. The number of benzene rings is 1. The van der Waals surface area contributed by atoms with Gasteiger partial charge in [-0.15, -0.1) is 0 Å². The Labute approximate surface area is 179 Å². The van der Waals surface area contributed by atoms with E-state index in [1.54, 1.807) is 13.2 Å². The second-order valence-corrected chi connectivity index (χ2v) is 7.06. The highest BCUT2D eigenvalue weighted by atomic mass is 16.5. The first kappa shape index (κ1) is 21.3. The third-order valence-electron chi connectivity index (χ3n) is 4.95. The van der Waals surface area contributed by atoms with E-state index in [9.17, 15) is 0 Å². The van der Waals surface area contributed by atoms with Crippen molar-refractivity contribution in [2.45, 2.75) is 26.7 Å². The predicted octanol–water partition coefficient (Wildman–Crippen LogP) is 6.12. The number of hydrogen-bond donors (Lipinski definition) is 1. The summed E-state index contributed by atoms with van der Waals surface area (Å²) in [5.74, 6) is 1.57. The molecule has 1 aliphatic rings. The van der Waals surface area contributed by atoms with Crippen LogP contribution in [-0.2, 0) is 0 Å². The number of hydrogen-bond acceptors (Lipinski definition) is 4. The summed E-state index contributed by atoms with van der Waals surface area (Å²) in [6.45, 7) is 9.01. The van der Waals surface area contributed by atoms with E-state index in [2.05, 4.69) is 53.1 Å². The summed E-state index contributed by atoms with van der Waals surface area (Å²) in [5.41, 5.74) is 5.95. The van der Waals surface area contributed by atoms with Crippen LogP contribution in [-0.4, -0.2) is 24.3 Å². The van der Waals surface area contributed by atoms with Gasteiger partial charge in [0.05, 0.1) is 18.0 Å². The second kappa shape index (κ2) is 10.4. The molecule has 0 fully saturated rings. The number of nitrogens with zero attached hydrogens (tertiary/aromatic N) is 2. The molecule has 0 saturated carbocycles. The average Bonchev–Trinajstić information content (AvgIpc) is 3.30. The van der Waals surface area contributed by atoms with Crippen molar-refractivity contribution < 1.29 is 4.74 Å². The summed E-state index contributed by atoms with van der Waals surface area (Å²) < 4.78 is 6.20. The fourth-order valence-electron chi connectivity index (χ4n) is 3.22. The van der Waals surface area contributed by atoms with E-state index >= 15 is 0 Å². The first-order valence-corrected chi connectivity index (χ1v) is 10.3. The predicted molar refractivity (Wildman–Crippen MR) is 127 cm³/mol. The highest BCUT2D eigenvalue weighted by Gasteiger charge is 2.11. The van der Waals surface area contributed by atoms with Crippen LogP contribution in [0, 0.1) is 6.92 Å². The van der Waals surface area contributed by atoms with Gasteiger partial charge in [-0.1, -0.05) is 49.9 Å². The van der Waals surface area contributed by atoms with Crippen LogP contribution < -0.4 is 10.1 Å². The van der Waals surface area contributed by atoms with E-state index in [1.807, 2.05) is 43.3 Å². The summed E-state index contributed by atoms with van der Waals surface area (Å²) >= 11 is 0. The van der Waals surface area contributed by atoms with Crippen molar-refractivity contribution in [2.24, 2.45) is 4.99 Å². The third-order valence-corrected chi connectivity index (χ3v) is 4.95. The van der Waals surface area contributed by atoms with Gasteiger partial charge in [0.1, 0.15) is 11.5 Å². The van der Waals surface area contributed by atoms with Crippen LogP contribution in [0.25, 0.3) is 11.3 Å². The first-order valence-electron chi connectivity index (χ1n) is 10.3. The van der Waals surface area contributed by atoms with Crippen molar-refractivity contribution in [3.8, 4) is 11.5 Å². The lowest BCUT2D eigenvalue weighted by atomic mass is 10.1. The van der Waals surface area contributed by atoms with Gasteiger partial charge < -0.3 is 10.1 Å². The van der Waals surface area contributed by atoms with Gasteiger partial charge in [-0.05, 0) is 43.5 Å². The molecule has 154 valence electrons. The minimum absolute atomic E-state index is 0.632. The number of aromatic nitrogens is 1. The third kappa shape index (κ3) is 5.35. The van der Waals surface area contributed by atoms with Crippen LogP contribution >= 0.6 is 0 Å². The molecule has 4 nitrogen and oxygen atoms in total. The maximum Gasteiger partial charge on any atom is 0.131 e. The molecule has 4 heteroatoms. The van der Waals surface area contributed by atoms with Gasteiger partial charge in [0.25, 0.3) is 0 Å². The van der Waals surface area contributed by atoms with E-state index in [-0.39, 0.29) is 0 Å². The molecule has 0 bridgehead atoms. The number of ether oxygens (including phenoxy) is 1. The van der Waals surface area contributed by atoms with Gasteiger partial charge in [-0.2, -0.15) is 0 Å². The number of nitrogens with one attached hydrogen (secondary N) is 1. The van der Waals surface area contributed by atoms with Crippen molar-refractivity contribution >= 4 is 17.0 Å². The fraction of sp³-hybridized carbons (Fsp3) is 0.231. The van der Waals surface area contributed by atoms with Crippen molar-refractivity contribution in [3.63, 3.8) is 0 Å². The molecule has 1 aromatic carbocycles. The van der Waals surface area contributed by atoms with Crippen molar-refractivity contribution in [1.29, 1.82) is 0 Å². The van der Waals surface area contributed by atoms with Crippen LogP contribution in [0.15, 0.2) is 78.5 Å². The highest BCUT2D eigenvalue weighted by Crippen LogP contribution is 2.31. The molecule has 1 aromatic heterocycles. The van der Waals surface area contributed by atoms with Gasteiger partial charge in [0.2, 0.25) is 0 Å². The monoisotopic (exact) mass is 399 g/mol. The van der Waals surface area contributed by atoms with Gasteiger partial charge >= 0.3 is 0 Å². The Kier molecular flexibility index (Phi) is 7.39. The van der Waals surface area contributed by atoms with Crippen LogP contribution in [0.4, 0.5) is 0 Å². The SMILES string of the molecule is C=C(NCC(/C=C\CC)=NC)c1cccc(Oc2ccnc(C3=CCC=C3)c2)c1C. The van der Waals surface area contributed by atoms with Gasteiger partial charge in [-0.25, -0.2) is 0 Å². The largest absolute Gasteiger partial charge is 0.457 e. The van der Waals surface area contributed by atoms with Crippen LogP contribution in [0.1, 0.15) is 36.6 Å². The Morgan fingerprint density at radius 1 is 1.33 bits per heavy atom. The molecular formula is C26H29N3O. The minimum Gasteiger partial charge on any atom is -0.457 e. The molecule has 30 heavy (non-hydrogen) atoms. The molecule has 0 unspecified atom stereocenters. The van der Waals surface area contributed by atoms with E-state index in [0.717, 1.165) is 58.1 Å². The molecule has 1 aliphatic carbocycles. The quantitative estimate of drug-likeness (QED) is 0.517. The molecule has 3 rings (SSSR count). The van der Waals surface area contributed by atoms with Crippen molar-refractivity contribution in [3.05, 3.63) is 90.3 Å². The smallest absolute Gasteiger partial charge is 0.131 e. The van der Waals surface area contributed by atoms with E-state index in [0.29, 0.717) is 6.54 Å². The number of rotatable bonds is 9. The minimum atomic E-state index is 0.632. The topological polar surface area (TPSA) is 46.5 Å². The van der Waals surface area contributed by atoms with Crippen LogP contribution in [0.2, 0.25) is 0 Å². The zero-order valence-corrected chi connectivity index (χ0v) is 18.0.